The van der Waals surface area contributed by atoms with Crippen LogP contribution in [0.5, 0.6) is 0 Å². The lowest BCUT2D eigenvalue weighted by Crippen LogP contribution is -2.43. The summed E-state index contributed by atoms with van der Waals surface area (Å²) in [6.07, 6.45) is 1.80. The smallest absolute Gasteiger partial charge is 0.317 e. The number of carbonyl (C=O) groups excluding carboxylic acids is 2. The van der Waals surface area contributed by atoms with Crippen molar-refractivity contribution in [3.63, 3.8) is 0 Å². The van der Waals surface area contributed by atoms with E-state index in [4.69, 9.17) is 0 Å². The first-order chi connectivity index (χ1) is 14.1. The molecule has 1 aromatic heterocycles. The van der Waals surface area contributed by atoms with Crippen LogP contribution < -0.4 is 10.6 Å². The zero-order valence-electron chi connectivity index (χ0n) is 16.0. The Balaban J connectivity index is 1.22. The van der Waals surface area contributed by atoms with Gasteiger partial charge in [-0.15, -0.1) is 0 Å². The average molecular weight is 455 g/mol. The highest BCUT2D eigenvalue weighted by Gasteiger charge is 2.23. The van der Waals surface area contributed by atoms with E-state index in [1.54, 1.807) is 0 Å². The van der Waals surface area contributed by atoms with E-state index >= 15 is 0 Å². The number of anilines is 1. The van der Waals surface area contributed by atoms with Crippen molar-refractivity contribution >= 4 is 44.5 Å². The quantitative estimate of drug-likeness (QED) is 0.499. The van der Waals surface area contributed by atoms with Gasteiger partial charge in [0.05, 0.1) is 6.54 Å². The van der Waals surface area contributed by atoms with Gasteiger partial charge in [-0.25, -0.2) is 4.79 Å². The lowest BCUT2D eigenvalue weighted by Gasteiger charge is -2.27. The molecule has 3 aromatic rings. The average Bonchev–Trinajstić information content (AvgIpc) is 3.09. The minimum atomic E-state index is -0.0818. The number of halogens is 1. The van der Waals surface area contributed by atoms with Gasteiger partial charge in [0, 0.05) is 46.3 Å². The summed E-state index contributed by atoms with van der Waals surface area (Å²) in [7, 11) is 0. The molecule has 3 N–H and O–H groups in total. The minimum absolute atomic E-state index is 0.0574. The van der Waals surface area contributed by atoms with Gasteiger partial charge in [0.1, 0.15) is 0 Å². The third-order valence-electron chi connectivity index (χ3n) is 5.14. The third-order valence-corrected chi connectivity index (χ3v) is 5.63. The molecular formula is C22H23BrN4O2. The number of fused-ring (bicyclic) bond motifs is 3. The summed E-state index contributed by atoms with van der Waals surface area (Å²) in [4.78, 5) is 29.8. The molecule has 3 amide bonds. The summed E-state index contributed by atoms with van der Waals surface area (Å²) >= 11 is 3.38. The van der Waals surface area contributed by atoms with Crippen molar-refractivity contribution in [2.24, 2.45) is 0 Å². The Morgan fingerprint density at radius 1 is 1.14 bits per heavy atom. The van der Waals surface area contributed by atoms with Crippen molar-refractivity contribution in [3.8, 4) is 0 Å². The molecule has 150 valence electrons. The fourth-order valence-electron chi connectivity index (χ4n) is 3.71. The summed E-state index contributed by atoms with van der Waals surface area (Å²) in [6, 6.07) is 15.7. The lowest BCUT2D eigenvalue weighted by atomic mass is 10.0. The van der Waals surface area contributed by atoms with Gasteiger partial charge in [-0.05, 0) is 42.7 Å². The van der Waals surface area contributed by atoms with E-state index in [2.05, 4.69) is 43.7 Å². The van der Waals surface area contributed by atoms with Crippen LogP contribution in [-0.4, -0.2) is 34.9 Å². The van der Waals surface area contributed by atoms with Crippen LogP contribution in [0.25, 0.3) is 10.9 Å². The number of nitrogens with one attached hydrogen (secondary N) is 3. The monoisotopic (exact) mass is 454 g/mol. The molecule has 29 heavy (non-hydrogen) atoms. The number of hydrogen-bond acceptors (Lipinski definition) is 2. The van der Waals surface area contributed by atoms with Crippen LogP contribution in [0.15, 0.2) is 53.0 Å². The van der Waals surface area contributed by atoms with Crippen molar-refractivity contribution in [1.29, 1.82) is 0 Å². The second-order valence-electron chi connectivity index (χ2n) is 7.19. The van der Waals surface area contributed by atoms with Crippen LogP contribution in [-0.2, 0) is 17.8 Å². The number of aromatic nitrogens is 1. The first kappa shape index (κ1) is 19.5. The maximum absolute atomic E-state index is 12.5. The predicted octanol–water partition coefficient (Wildman–Crippen LogP) is 4.42. The van der Waals surface area contributed by atoms with Crippen LogP contribution in [0.4, 0.5) is 10.5 Å². The van der Waals surface area contributed by atoms with Gasteiger partial charge in [-0.2, -0.15) is 0 Å². The molecule has 7 heteroatoms. The van der Waals surface area contributed by atoms with Gasteiger partial charge in [-0.3, -0.25) is 4.79 Å². The van der Waals surface area contributed by atoms with E-state index in [-0.39, 0.29) is 11.9 Å². The maximum Gasteiger partial charge on any atom is 0.317 e. The molecule has 0 spiro atoms. The molecule has 0 saturated carbocycles. The van der Waals surface area contributed by atoms with Crippen molar-refractivity contribution in [2.75, 3.05) is 18.4 Å². The van der Waals surface area contributed by atoms with Gasteiger partial charge >= 0.3 is 6.03 Å². The standard InChI is InChI=1S/C22H23BrN4O2/c23-15-5-3-6-16(13-15)25-21(28)9-4-11-24-22(29)27-12-10-18-17-7-1-2-8-19(17)26-20(18)14-27/h1-3,5-8,13,26H,4,9-12,14H2,(H,24,29)(H,25,28). The van der Waals surface area contributed by atoms with Crippen LogP contribution in [0.2, 0.25) is 0 Å². The third kappa shape index (κ3) is 4.62. The highest BCUT2D eigenvalue weighted by molar-refractivity contribution is 9.10. The molecule has 0 unspecified atom stereocenters. The van der Waals surface area contributed by atoms with Gasteiger partial charge in [0.15, 0.2) is 0 Å². The van der Waals surface area contributed by atoms with Gasteiger partial charge in [-0.1, -0.05) is 40.2 Å². The first-order valence-corrected chi connectivity index (χ1v) is 10.6. The fourth-order valence-corrected chi connectivity index (χ4v) is 4.11. The Morgan fingerprint density at radius 3 is 2.86 bits per heavy atom. The van der Waals surface area contributed by atoms with Crippen LogP contribution in [0.3, 0.4) is 0 Å². The van der Waals surface area contributed by atoms with Gasteiger partial charge < -0.3 is 20.5 Å². The van der Waals surface area contributed by atoms with E-state index in [9.17, 15) is 9.59 Å². The Hall–Kier alpha value is -2.80. The van der Waals surface area contributed by atoms with Crippen molar-refractivity contribution in [1.82, 2.24) is 15.2 Å². The molecule has 1 aliphatic heterocycles. The zero-order valence-corrected chi connectivity index (χ0v) is 17.6. The molecule has 0 aliphatic carbocycles. The Kier molecular flexibility index (Phi) is 5.85. The minimum Gasteiger partial charge on any atom is -0.357 e. The number of urea groups is 1. The van der Waals surface area contributed by atoms with E-state index in [0.29, 0.717) is 32.5 Å². The van der Waals surface area contributed by atoms with Crippen LogP contribution in [0.1, 0.15) is 24.1 Å². The van der Waals surface area contributed by atoms with Crippen LogP contribution >= 0.6 is 15.9 Å². The Bertz CT molecular complexity index is 1050. The summed E-state index contributed by atoms with van der Waals surface area (Å²) in [6.45, 7) is 1.75. The molecule has 0 fully saturated rings. The lowest BCUT2D eigenvalue weighted by molar-refractivity contribution is -0.116. The van der Waals surface area contributed by atoms with E-state index < -0.39 is 0 Å². The van der Waals surface area contributed by atoms with E-state index in [1.807, 2.05) is 41.3 Å². The molecule has 0 bridgehead atoms. The number of rotatable bonds is 5. The molecule has 2 heterocycles. The van der Waals surface area contributed by atoms with Gasteiger partial charge in [0.2, 0.25) is 5.91 Å². The van der Waals surface area contributed by atoms with E-state index in [1.165, 1.54) is 10.9 Å². The van der Waals surface area contributed by atoms with E-state index in [0.717, 1.165) is 27.8 Å². The van der Waals surface area contributed by atoms with Gasteiger partial charge in [0.25, 0.3) is 0 Å². The number of benzene rings is 2. The summed E-state index contributed by atoms with van der Waals surface area (Å²) in [5.74, 6) is -0.0574. The Labute approximate surface area is 177 Å². The molecule has 2 aromatic carbocycles. The molecule has 0 radical (unpaired) electrons. The number of aromatic amines is 1. The van der Waals surface area contributed by atoms with Crippen molar-refractivity contribution in [3.05, 3.63) is 64.3 Å². The van der Waals surface area contributed by atoms with Crippen molar-refractivity contribution in [2.45, 2.75) is 25.8 Å². The summed E-state index contributed by atoms with van der Waals surface area (Å²) in [5, 5.41) is 7.04. The highest BCUT2D eigenvalue weighted by atomic mass is 79.9. The zero-order chi connectivity index (χ0) is 20.2. The maximum atomic E-state index is 12.5. The number of hydrogen-bond donors (Lipinski definition) is 3. The molecule has 4 rings (SSSR count). The summed E-state index contributed by atoms with van der Waals surface area (Å²) in [5.41, 5.74) is 4.31. The predicted molar refractivity (Wildman–Crippen MR) is 118 cm³/mol. The molecular weight excluding hydrogens is 432 g/mol. The normalized spacial score (nSPS) is 13.2. The number of para-hydroxylation sites is 1. The number of amides is 3. The number of carbonyl (C=O) groups is 2. The number of nitrogens with zero attached hydrogens (tertiary/aromatic N) is 1. The topological polar surface area (TPSA) is 77.2 Å². The molecule has 6 nitrogen and oxygen atoms in total. The second-order valence-corrected chi connectivity index (χ2v) is 8.11. The first-order valence-electron chi connectivity index (χ1n) is 9.77. The molecule has 0 saturated heterocycles. The largest absolute Gasteiger partial charge is 0.357 e. The highest BCUT2D eigenvalue weighted by Crippen LogP contribution is 2.27. The SMILES string of the molecule is O=C(CCCNC(=O)N1CCc2c([nH]c3ccccc23)C1)Nc1cccc(Br)c1. The number of H-pyrrole nitrogens is 1. The van der Waals surface area contributed by atoms with Crippen molar-refractivity contribution < 1.29 is 9.59 Å². The second kappa shape index (κ2) is 8.69. The molecule has 1 aliphatic rings. The van der Waals surface area contributed by atoms with Crippen LogP contribution in [0, 0.1) is 0 Å². The Morgan fingerprint density at radius 2 is 2.00 bits per heavy atom. The fraction of sp³-hybridized carbons (Fsp3) is 0.273. The summed E-state index contributed by atoms with van der Waals surface area (Å²) < 4.78 is 0.919. The molecule has 0 atom stereocenters.